The summed E-state index contributed by atoms with van der Waals surface area (Å²) in [5, 5.41) is 7.91. The third-order valence-corrected chi connectivity index (χ3v) is 9.19. The average Bonchev–Trinajstić information content (AvgIpc) is 3.57. The fourth-order valence-corrected chi connectivity index (χ4v) is 6.75. The van der Waals surface area contributed by atoms with Crippen LogP contribution in [0.25, 0.3) is 22.4 Å². The first-order valence-corrected chi connectivity index (χ1v) is 15.0. The molecule has 1 amide bonds. The third-order valence-electron chi connectivity index (χ3n) is 8.18. The molecule has 210 valence electrons. The summed E-state index contributed by atoms with van der Waals surface area (Å²) in [6.07, 6.45) is 1.81. The molecule has 3 heterocycles. The lowest BCUT2D eigenvalue weighted by molar-refractivity contribution is 0.0713. The van der Waals surface area contributed by atoms with Gasteiger partial charge in [-0.15, -0.1) is 11.3 Å². The maximum atomic E-state index is 13.9. The molecule has 0 unspecified atom stereocenters. The zero-order valence-electron chi connectivity index (χ0n) is 24.4. The zero-order chi connectivity index (χ0) is 28.4. The first-order valence-electron chi connectivity index (χ1n) is 14.1. The van der Waals surface area contributed by atoms with Crippen LogP contribution in [0.2, 0.25) is 0 Å². The Morgan fingerprint density at radius 1 is 1.07 bits per heavy atom. The Kier molecular flexibility index (Phi) is 8.26. The first-order chi connectivity index (χ1) is 19.3. The number of ether oxygens (including phenoxy) is 1. The van der Waals surface area contributed by atoms with Gasteiger partial charge in [0.05, 0.1) is 29.1 Å². The van der Waals surface area contributed by atoms with Crippen LogP contribution >= 0.6 is 11.3 Å². The normalized spacial score (nSPS) is 14.0. The van der Waals surface area contributed by atoms with E-state index in [0.717, 1.165) is 59.7 Å². The highest BCUT2D eigenvalue weighted by Crippen LogP contribution is 2.36. The summed E-state index contributed by atoms with van der Waals surface area (Å²) in [4.78, 5) is 23.2. The summed E-state index contributed by atoms with van der Waals surface area (Å²) < 4.78 is 7.36. The van der Waals surface area contributed by atoms with Gasteiger partial charge in [-0.2, -0.15) is 5.10 Å². The van der Waals surface area contributed by atoms with Gasteiger partial charge in [0.1, 0.15) is 5.75 Å². The Bertz CT molecular complexity index is 1480. The number of hydrogen-bond acceptors (Lipinski definition) is 6. The van der Waals surface area contributed by atoms with Gasteiger partial charge in [-0.1, -0.05) is 12.1 Å². The molecule has 1 saturated heterocycles. The van der Waals surface area contributed by atoms with Gasteiger partial charge in [0, 0.05) is 67.0 Å². The van der Waals surface area contributed by atoms with Crippen molar-refractivity contribution in [2.75, 3.05) is 38.2 Å². The van der Waals surface area contributed by atoms with E-state index in [1.54, 1.807) is 18.4 Å². The van der Waals surface area contributed by atoms with Crippen LogP contribution in [0.1, 0.15) is 59.4 Å². The van der Waals surface area contributed by atoms with Crippen molar-refractivity contribution in [3.8, 4) is 28.1 Å². The van der Waals surface area contributed by atoms with E-state index in [1.165, 1.54) is 10.7 Å². The van der Waals surface area contributed by atoms with E-state index >= 15 is 0 Å². The Hall–Kier alpha value is -3.65. The van der Waals surface area contributed by atoms with Crippen LogP contribution in [0.5, 0.6) is 5.75 Å². The number of carbonyl (C=O) groups is 1. The number of aromatic nitrogens is 3. The Labute approximate surface area is 241 Å². The fourth-order valence-electron chi connectivity index (χ4n) is 5.75. The van der Waals surface area contributed by atoms with E-state index in [0.29, 0.717) is 30.3 Å². The average molecular weight is 558 g/mol. The highest BCUT2D eigenvalue weighted by atomic mass is 32.1. The topological polar surface area (TPSA) is 63.5 Å². The van der Waals surface area contributed by atoms with Crippen LogP contribution in [-0.2, 0) is 7.05 Å². The molecule has 1 aliphatic heterocycles. The van der Waals surface area contributed by atoms with Gasteiger partial charge in [0.2, 0.25) is 0 Å². The second-order valence-electron chi connectivity index (χ2n) is 10.4. The summed E-state index contributed by atoms with van der Waals surface area (Å²) >= 11 is 1.74. The second-order valence-corrected chi connectivity index (χ2v) is 11.3. The number of nitrogens with zero attached hydrogens (tertiary/aromatic N) is 5. The largest absolute Gasteiger partial charge is 0.497 e. The number of piperidine rings is 1. The summed E-state index contributed by atoms with van der Waals surface area (Å²) in [5.74, 6) is 1.09. The van der Waals surface area contributed by atoms with E-state index < -0.39 is 0 Å². The second kappa shape index (κ2) is 11.8. The van der Waals surface area contributed by atoms with Crippen LogP contribution in [0.4, 0.5) is 5.69 Å². The van der Waals surface area contributed by atoms with Crippen molar-refractivity contribution in [3.05, 3.63) is 69.8 Å². The number of benzene rings is 2. The minimum atomic E-state index is 0.0446. The van der Waals surface area contributed by atoms with Crippen molar-refractivity contribution in [1.29, 1.82) is 0 Å². The molecule has 8 heteroatoms. The highest BCUT2D eigenvalue weighted by molar-refractivity contribution is 7.10. The Morgan fingerprint density at radius 3 is 2.38 bits per heavy atom. The molecular formula is C32H39N5O2S. The molecule has 40 heavy (non-hydrogen) atoms. The van der Waals surface area contributed by atoms with Gasteiger partial charge < -0.3 is 14.5 Å². The summed E-state index contributed by atoms with van der Waals surface area (Å²) in [7, 11) is 3.57. The van der Waals surface area contributed by atoms with E-state index in [-0.39, 0.29) is 5.91 Å². The summed E-state index contributed by atoms with van der Waals surface area (Å²) in [5.41, 5.74) is 7.98. The van der Waals surface area contributed by atoms with Gasteiger partial charge >= 0.3 is 0 Å². The maximum absolute atomic E-state index is 13.9. The summed E-state index contributed by atoms with van der Waals surface area (Å²) in [6.45, 7) is 11.8. The third kappa shape index (κ3) is 5.37. The molecule has 5 rings (SSSR count). The molecule has 7 nitrogen and oxygen atoms in total. The van der Waals surface area contributed by atoms with Gasteiger partial charge in [0.15, 0.2) is 0 Å². The van der Waals surface area contributed by atoms with Crippen LogP contribution in [-0.4, -0.2) is 58.9 Å². The molecule has 0 radical (unpaired) electrons. The number of hydrogen-bond donors (Lipinski definition) is 0. The molecular weight excluding hydrogens is 518 g/mol. The number of thiazole rings is 1. The van der Waals surface area contributed by atoms with Gasteiger partial charge in [-0.25, -0.2) is 4.98 Å². The lowest BCUT2D eigenvalue weighted by atomic mass is 9.94. The van der Waals surface area contributed by atoms with Crippen molar-refractivity contribution in [2.45, 2.75) is 46.5 Å². The number of amides is 1. The molecule has 1 fully saturated rings. The molecule has 0 saturated carbocycles. The number of aryl methyl sites for hydroxylation is 2. The van der Waals surface area contributed by atoms with Crippen molar-refractivity contribution >= 4 is 22.9 Å². The predicted molar refractivity (Wildman–Crippen MR) is 164 cm³/mol. The van der Waals surface area contributed by atoms with E-state index in [1.807, 2.05) is 48.7 Å². The minimum absolute atomic E-state index is 0.0446. The molecule has 0 N–H and O–H groups in total. The molecule has 0 atom stereocenters. The molecule has 4 aromatic rings. The van der Waals surface area contributed by atoms with Crippen molar-refractivity contribution < 1.29 is 9.53 Å². The highest BCUT2D eigenvalue weighted by Gasteiger charge is 2.29. The Balaban J connectivity index is 1.30. The van der Waals surface area contributed by atoms with Crippen LogP contribution in [0.3, 0.4) is 0 Å². The molecule has 2 aromatic heterocycles. The number of carbonyl (C=O) groups excluding carboxylic acids is 1. The number of likely N-dealkylation sites (tertiary alicyclic amines) is 1. The first kappa shape index (κ1) is 27.9. The van der Waals surface area contributed by atoms with E-state index in [2.05, 4.69) is 53.5 Å². The molecule has 2 aromatic carbocycles. The monoisotopic (exact) mass is 557 g/mol. The lowest BCUT2D eigenvalue weighted by Crippen LogP contribution is -2.38. The minimum Gasteiger partial charge on any atom is -0.497 e. The number of rotatable bonds is 8. The number of anilines is 1. The predicted octanol–water partition coefficient (Wildman–Crippen LogP) is 6.70. The van der Waals surface area contributed by atoms with E-state index in [9.17, 15) is 4.79 Å². The fraction of sp³-hybridized carbons (Fsp3) is 0.406. The van der Waals surface area contributed by atoms with Crippen molar-refractivity contribution in [1.82, 2.24) is 19.7 Å². The van der Waals surface area contributed by atoms with Crippen molar-refractivity contribution in [3.63, 3.8) is 0 Å². The van der Waals surface area contributed by atoms with Gasteiger partial charge in [0.25, 0.3) is 5.91 Å². The smallest absolute Gasteiger partial charge is 0.254 e. The quantitative estimate of drug-likeness (QED) is 0.241. The van der Waals surface area contributed by atoms with Gasteiger partial charge in [-0.05, 0) is 76.4 Å². The van der Waals surface area contributed by atoms with Gasteiger partial charge in [-0.3, -0.25) is 9.48 Å². The lowest BCUT2D eigenvalue weighted by Gasteiger charge is -2.31. The van der Waals surface area contributed by atoms with Crippen LogP contribution < -0.4 is 9.64 Å². The molecule has 0 spiro atoms. The summed E-state index contributed by atoms with van der Waals surface area (Å²) in [6, 6.07) is 14.5. The maximum Gasteiger partial charge on any atom is 0.254 e. The SMILES string of the molecule is CCN(CC)c1ccc(-c2csc(C3CCN(C(=O)c4cc(OC)ccc4-c4c(C)nn(C)c4C)CC3)n2)cc1. The molecule has 0 bridgehead atoms. The standard InChI is InChI=1S/C32H39N5O2S/c1-7-36(8-2)25-11-9-23(10-12-25)29-20-40-31(33-29)24-15-17-37(18-16-24)32(38)28-19-26(39-6)13-14-27(28)30-21(3)34-35(5)22(30)4/h9-14,19-20,24H,7-8,15-18H2,1-6H3. The zero-order valence-corrected chi connectivity index (χ0v) is 25.2. The molecule has 1 aliphatic rings. The molecule has 0 aliphatic carbocycles. The van der Waals surface area contributed by atoms with Crippen LogP contribution in [0, 0.1) is 13.8 Å². The van der Waals surface area contributed by atoms with E-state index in [4.69, 9.17) is 9.72 Å². The van der Waals surface area contributed by atoms with Crippen molar-refractivity contribution in [2.24, 2.45) is 7.05 Å². The van der Waals surface area contributed by atoms with Crippen LogP contribution in [0.15, 0.2) is 47.8 Å². The number of methoxy groups -OCH3 is 1. The Morgan fingerprint density at radius 2 is 1.77 bits per heavy atom.